The van der Waals surface area contributed by atoms with Gasteiger partial charge in [0, 0.05) is 12.6 Å². The van der Waals surface area contributed by atoms with E-state index in [1.807, 2.05) is 13.0 Å². The highest BCUT2D eigenvalue weighted by Crippen LogP contribution is 2.20. The van der Waals surface area contributed by atoms with Crippen LogP contribution in [0.5, 0.6) is 5.75 Å². The Morgan fingerprint density at radius 2 is 2.24 bits per heavy atom. The van der Waals surface area contributed by atoms with Crippen molar-refractivity contribution in [2.75, 3.05) is 0 Å². The molecule has 0 saturated heterocycles. The van der Waals surface area contributed by atoms with E-state index in [0.717, 1.165) is 18.5 Å². The fourth-order valence-electron chi connectivity index (χ4n) is 2.10. The van der Waals surface area contributed by atoms with Crippen molar-refractivity contribution in [1.82, 2.24) is 14.8 Å². The predicted octanol–water partition coefficient (Wildman–Crippen LogP) is 2.30. The van der Waals surface area contributed by atoms with Crippen LogP contribution in [0.25, 0.3) is 0 Å². The molecule has 2 aromatic rings. The van der Waals surface area contributed by atoms with Gasteiger partial charge in [-0.3, -0.25) is 0 Å². The van der Waals surface area contributed by atoms with Crippen LogP contribution in [-0.2, 0) is 19.6 Å². The summed E-state index contributed by atoms with van der Waals surface area (Å²) in [4.78, 5) is 4.12. The minimum Gasteiger partial charge on any atom is -0.483 e. The van der Waals surface area contributed by atoms with Gasteiger partial charge in [0.1, 0.15) is 12.9 Å². The molecule has 1 unspecified atom stereocenters. The molecule has 21 heavy (non-hydrogen) atoms. The molecule has 0 amide bonds. The molecular weight excluding hydrogens is 271 g/mol. The second kappa shape index (κ2) is 7.17. The Labute approximate surface area is 123 Å². The first-order chi connectivity index (χ1) is 10.1. The first-order valence-electron chi connectivity index (χ1n) is 7.13. The zero-order valence-corrected chi connectivity index (χ0v) is 12.4. The maximum absolute atomic E-state index is 14.0. The predicted molar refractivity (Wildman–Crippen MR) is 78.4 cm³/mol. The van der Waals surface area contributed by atoms with Crippen LogP contribution in [-0.4, -0.2) is 20.8 Å². The molecular formula is C15H21FN4O. The van der Waals surface area contributed by atoms with Crippen LogP contribution in [0.2, 0.25) is 0 Å². The molecule has 0 bridgehead atoms. The SMILES string of the molecule is CCCn1ncnc1COc1ccc(CC(C)N)cc1F. The lowest BCUT2D eigenvalue weighted by Gasteiger charge is -2.10. The highest BCUT2D eigenvalue weighted by Gasteiger charge is 2.09. The maximum atomic E-state index is 14.0. The lowest BCUT2D eigenvalue weighted by Crippen LogP contribution is -2.17. The third kappa shape index (κ3) is 4.26. The quantitative estimate of drug-likeness (QED) is 0.850. The van der Waals surface area contributed by atoms with Crippen LogP contribution in [0.1, 0.15) is 31.7 Å². The van der Waals surface area contributed by atoms with Gasteiger partial charge in [-0.1, -0.05) is 13.0 Å². The van der Waals surface area contributed by atoms with Crippen molar-refractivity contribution in [2.45, 2.75) is 45.9 Å². The van der Waals surface area contributed by atoms with Crippen LogP contribution in [0.4, 0.5) is 4.39 Å². The number of hydrogen-bond acceptors (Lipinski definition) is 4. The van der Waals surface area contributed by atoms with Gasteiger partial charge in [0.05, 0.1) is 0 Å². The van der Waals surface area contributed by atoms with Crippen molar-refractivity contribution >= 4 is 0 Å². The largest absolute Gasteiger partial charge is 0.483 e. The number of halogens is 1. The molecule has 0 saturated carbocycles. The monoisotopic (exact) mass is 292 g/mol. The van der Waals surface area contributed by atoms with E-state index in [2.05, 4.69) is 17.0 Å². The van der Waals surface area contributed by atoms with Crippen LogP contribution in [0.15, 0.2) is 24.5 Å². The Hall–Kier alpha value is -1.95. The summed E-state index contributed by atoms with van der Waals surface area (Å²) in [5, 5.41) is 4.11. The number of nitrogens with two attached hydrogens (primary N) is 1. The Balaban J connectivity index is 2.01. The van der Waals surface area contributed by atoms with Gasteiger partial charge in [-0.25, -0.2) is 14.1 Å². The number of hydrogen-bond donors (Lipinski definition) is 1. The summed E-state index contributed by atoms with van der Waals surface area (Å²) >= 11 is 0. The van der Waals surface area contributed by atoms with Crippen molar-refractivity contribution in [2.24, 2.45) is 5.73 Å². The van der Waals surface area contributed by atoms with Gasteiger partial charge in [-0.2, -0.15) is 5.10 Å². The van der Waals surface area contributed by atoms with E-state index in [0.29, 0.717) is 12.2 Å². The van der Waals surface area contributed by atoms with Crippen molar-refractivity contribution in [3.8, 4) is 5.75 Å². The smallest absolute Gasteiger partial charge is 0.165 e. The average molecular weight is 292 g/mol. The molecule has 1 aromatic heterocycles. The molecule has 1 atom stereocenters. The first-order valence-corrected chi connectivity index (χ1v) is 7.13. The molecule has 0 aliphatic rings. The molecule has 114 valence electrons. The normalized spacial score (nSPS) is 12.4. The third-order valence-electron chi connectivity index (χ3n) is 3.04. The van der Waals surface area contributed by atoms with Gasteiger partial charge in [0.2, 0.25) is 0 Å². The van der Waals surface area contributed by atoms with Gasteiger partial charge < -0.3 is 10.5 Å². The lowest BCUT2D eigenvalue weighted by molar-refractivity contribution is 0.272. The number of aryl methyl sites for hydroxylation is 1. The summed E-state index contributed by atoms with van der Waals surface area (Å²) in [5.74, 6) is 0.528. The van der Waals surface area contributed by atoms with Gasteiger partial charge in [-0.05, 0) is 37.5 Å². The summed E-state index contributed by atoms with van der Waals surface area (Å²) in [7, 11) is 0. The Bertz CT molecular complexity index is 583. The summed E-state index contributed by atoms with van der Waals surface area (Å²) in [5.41, 5.74) is 6.57. The zero-order chi connectivity index (χ0) is 15.2. The molecule has 1 heterocycles. The van der Waals surface area contributed by atoms with E-state index >= 15 is 0 Å². The Morgan fingerprint density at radius 3 is 2.90 bits per heavy atom. The third-order valence-corrected chi connectivity index (χ3v) is 3.04. The molecule has 0 aliphatic carbocycles. The van der Waals surface area contributed by atoms with Gasteiger partial charge in [-0.15, -0.1) is 0 Å². The summed E-state index contributed by atoms with van der Waals surface area (Å²) in [6.07, 6.45) is 3.08. The minimum atomic E-state index is -0.380. The van der Waals surface area contributed by atoms with Crippen LogP contribution in [0, 0.1) is 5.82 Å². The van der Waals surface area contributed by atoms with E-state index in [1.165, 1.54) is 12.4 Å². The molecule has 0 radical (unpaired) electrons. The van der Waals surface area contributed by atoms with E-state index in [1.54, 1.807) is 10.7 Å². The van der Waals surface area contributed by atoms with Crippen LogP contribution in [0.3, 0.4) is 0 Å². The van der Waals surface area contributed by atoms with E-state index in [9.17, 15) is 4.39 Å². The van der Waals surface area contributed by atoms with Gasteiger partial charge in [0.25, 0.3) is 0 Å². The molecule has 0 spiro atoms. The highest BCUT2D eigenvalue weighted by atomic mass is 19.1. The molecule has 5 nitrogen and oxygen atoms in total. The molecule has 2 rings (SSSR count). The minimum absolute atomic E-state index is 0.00348. The summed E-state index contributed by atoms with van der Waals surface area (Å²) in [6.45, 7) is 4.92. The van der Waals surface area contributed by atoms with Gasteiger partial charge >= 0.3 is 0 Å². The molecule has 1 aromatic carbocycles. The Morgan fingerprint density at radius 1 is 1.43 bits per heavy atom. The van der Waals surface area contributed by atoms with Crippen LogP contribution < -0.4 is 10.5 Å². The average Bonchev–Trinajstić information content (AvgIpc) is 2.85. The fourth-order valence-corrected chi connectivity index (χ4v) is 2.10. The molecule has 6 heteroatoms. The molecule has 0 aliphatic heterocycles. The topological polar surface area (TPSA) is 66.0 Å². The standard InChI is InChI=1S/C15H21FN4O/c1-3-6-20-15(18-10-19-20)9-21-14-5-4-12(7-11(2)17)8-13(14)16/h4-5,8,10-11H,3,6-7,9,17H2,1-2H3. The fraction of sp³-hybridized carbons (Fsp3) is 0.467. The lowest BCUT2D eigenvalue weighted by atomic mass is 10.1. The summed E-state index contributed by atoms with van der Waals surface area (Å²) < 4.78 is 21.2. The summed E-state index contributed by atoms with van der Waals surface area (Å²) in [6, 6.07) is 4.94. The molecule has 0 fully saturated rings. The zero-order valence-electron chi connectivity index (χ0n) is 12.4. The van der Waals surface area contributed by atoms with E-state index in [-0.39, 0.29) is 24.2 Å². The second-order valence-corrected chi connectivity index (χ2v) is 5.13. The number of nitrogens with zero attached hydrogens (tertiary/aromatic N) is 3. The van der Waals surface area contributed by atoms with E-state index < -0.39 is 0 Å². The number of ether oxygens (including phenoxy) is 1. The number of benzene rings is 1. The molecule has 2 N–H and O–H groups in total. The number of rotatable bonds is 7. The van der Waals surface area contributed by atoms with Crippen LogP contribution >= 0.6 is 0 Å². The maximum Gasteiger partial charge on any atom is 0.165 e. The highest BCUT2D eigenvalue weighted by molar-refractivity contribution is 5.29. The van der Waals surface area contributed by atoms with Crippen molar-refractivity contribution in [3.05, 3.63) is 41.7 Å². The van der Waals surface area contributed by atoms with Crippen molar-refractivity contribution in [3.63, 3.8) is 0 Å². The van der Waals surface area contributed by atoms with Crippen molar-refractivity contribution in [1.29, 1.82) is 0 Å². The first kappa shape index (κ1) is 15.4. The van der Waals surface area contributed by atoms with Crippen molar-refractivity contribution < 1.29 is 9.13 Å². The van der Waals surface area contributed by atoms with E-state index in [4.69, 9.17) is 10.5 Å². The second-order valence-electron chi connectivity index (χ2n) is 5.13. The Kier molecular flexibility index (Phi) is 5.27. The number of aromatic nitrogens is 3. The van der Waals surface area contributed by atoms with Gasteiger partial charge in [0.15, 0.2) is 17.4 Å².